The van der Waals surface area contributed by atoms with E-state index in [0.717, 1.165) is 69.6 Å². The lowest BCUT2D eigenvalue weighted by atomic mass is 9.79. The molecule has 2 atom stereocenters. The van der Waals surface area contributed by atoms with Gasteiger partial charge in [-0.25, -0.2) is 9.59 Å². The van der Waals surface area contributed by atoms with Crippen molar-refractivity contribution in [3.8, 4) is 0 Å². The molecule has 0 bridgehead atoms. The van der Waals surface area contributed by atoms with Gasteiger partial charge in [-0.3, -0.25) is 29.0 Å². The van der Waals surface area contributed by atoms with Crippen LogP contribution in [0.4, 0.5) is 17.1 Å². The van der Waals surface area contributed by atoms with Crippen molar-refractivity contribution >= 4 is 91.1 Å². The summed E-state index contributed by atoms with van der Waals surface area (Å²) in [7, 11) is 0. The van der Waals surface area contributed by atoms with Gasteiger partial charge in [0.15, 0.2) is 0 Å². The molecule has 4 N–H and O–H groups in total. The van der Waals surface area contributed by atoms with Crippen LogP contribution < -0.4 is 26.5 Å². The minimum Gasteiger partial charge on any atom is -0.506 e. The van der Waals surface area contributed by atoms with E-state index in [-0.39, 0.29) is 61.2 Å². The number of anilines is 3. The van der Waals surface area contributed by atoms with Crippen molar-refractivity contribution in [1.82, 2.24) is 10.1 Å². The number of rotatable bonds is 15. The van der Waals surface area contributed by atoms with Gasteiger partial charge in [0.05, 0.1) is 16.5 Å². The molecule has 4 aromatic rings. The molecule has 16 heteroatoms. The third-order valence-electron chi connectivity index (χ3n) is 12.6. The number of amides is 4. The fraction of sp³-hybridized carbons (Fsp3) is 0.375. The van der Waals surface area contributed by atoms with E-state index in [1.54, 1.807) is 0 Å². The summed E-state index contributed by atoms with van der Waals surface area (Å²) in [6.07, 6.45) is 5.82. The van der Waals surface area contributed by atoms with Gasteiger partial charge in [-0.2, -0.15) is 0 Å². The van der Waals surface area contributed by atoms with Gasteiger partial charge in [0.2, 0.25) is 5.78 Å². The highest BCUT2D eigenvalue weighted by Crippen LogP contribution is 2.46. The number of ketones is 1. The van der Waals surface area contributed by atoms with Crippen molar-refractivity contribution in [2.24, 2.45) is 4.99 Å². The van der Waals surface area contributed by atoms with Gasteiger partial charge in [-0.1, -0.05) is 49.2 Å². The first kappa shape index (κ1) is 42.2. The highest BCUT2D eigenvalue weighted by molar-refractivity contribution is 6.53. The number of Topliss-reactive ketones (excluding diaryl/α,β-unsaturated/α-hetero) is 1. The highest BCUT2D eigenvalue weighted by atomic mass is 16.7. The zero-order valence-electron chi connectivity index (χ0n) is 35.6. The molecule has 2 fully saturated rings. The van der Waals surface area contributed by atoms with Crippen LogP contribution in [0.2, 0.25) is 0 Å². The third-order valence-corrected chi connectivity index (χ3v) is 12.6. The van der Waals surface area contributed by atoms with Crippen LogP contribution in [0.5, 0.6) is 0 Å². The van der Waals surface area contributed by atoms with Crippen LogP contribution in [-0.4, -0.2) is 67.9 Å². The first-order valence-corrected chi connectivity index (χ1v) is 21.9. The molecule has 1 aliphatic carbocycles. The molecule has 4 amide bonds. The van der Waals surface area contributed by atoms with Gasteiger partial charge in [0.1, 0.15) is 17.1 Å². The third kappa shape index (κ3) is 7.81. The van der Waals surface area contributed by atoms with Crippen LogP contribution in [0.3, 0.4) is 0 Å². The quantitative estimate of drug-likeness (QED) is 0.0784. The summed E-state index contributed by atoms with van der Waals surface area (Å²) in [5, 5.41) is 28.4. The van der Waals surface area contributed by atoms with Crippen molar-refractivity contribution in [3.63, 3.8) is 0 Å². The number of allylic oxidation sites excluding steroid dienone is 2. The summed E-state index contributed by atoms with van der Waals surface area (Å²) in [5.74, 6) is -3.52. The van der Waals surface area contributed by atoms with Crippen molar-refractivity contribution < 1.29 is 48.3 Å². The number of aliphatic hydroxyl groups excluding tert-OH is 1. The maximum absolute atomic E-state index is 14.2. The number of nitrogens with zero attached hydrogens (tertiary/aromatic N) is 3. The fourth-order valence-corrected chi connectivity index (χ4v) is 9.44. The Kier molecular flexibility index (Phi) is 10.9. The molecule has 64 heavy (non-hydrogen) atoms. The Labute approximate surface area is 367 Å². The molecule has 4 aromatic carbocycles. The number of unbranched alkanes of at least 4 members (excludes halogenated alkanes) is 4. The van der Waals surface area contributed by atoms with Crippen molar-refractivity contribution in [2.75, 3.05) is 16.0 Å². The molecule has 16 nitrogen and oxygen atoms in total. The first-order valence-electron chi connectivity index (χ1n) is 21.9. The normalized spacial score (nSPS) is 22.1. The zero-order chi connectivity index (χ0) is 44.9. The molecule has 0 saturated carbocycles. The summed E-state index contributed by atoms with van der Waals surface area (Å²) in [6.45, 7) is 4.07. The Bertz CT molecular complexity index is 2840. The predicted molar refractivity (Wildman–Crippen MR) is 235 cm³/mol. The van der Waals surface area contributed by atoms with Gasteiger partial charge in [0, 0.05) is 66.4 Å². The van der Waals surface area contributed by atoms with Crippen LogP contribution >= 0.6 is 0 Å². The molecular formula is C48H48N6O10. The number of aliphatic hydroxyl groups is 1. The molecule has 2 unspecified atom stereocenters. The van der Waals surface area contributed by atoms with E-state index in [9.17, 15) is 38.7 Å². The highest BCUT2D eigenvalue weighted by Gasteiger charge is 2.39. The lowest BCUT2D eigenvalue weighted by molar-refractivity contribution is -0.197. The second-order valence-electron chi connectivity index (χ2n) is 17.5. The number of hydrogen-bond acceptors (Lipinski definition) is 14. The fourth-order valence-electron chi connectivity index (χ4n) is 9.44. The van der Waals surface area contributed by atoms with Crippen molar-refractivity contribution in [1.29, 1.82) is 0 Å². The molecule has 330 valence electrons. The van der Waals surface area contributed by atoms with Crippen molar-refractivity contribution in [2.45, 2.75) is 115 Å². The maximum atomic E-state index is 14.2. The molecule has 0 spiro atoms. The average molecular weight is 869 g/mol. The second-order valence-corrected chi connectivity index (χ2v) is 17.5. The summed E-state index contributed by atoms with van der Waals surface area (Å²) in [5.41, 5.74) is 2.61. The van der Waals surface area contributed by atoms with E-state index in [1.165, 1.54) is 0 Å². The predicted octanol–water partition coefficient (Wildman–Crippen LogP) is 6.13. The summed E-state index contributed by atoms with van der Waals surface area (Å²) >= 11 is 0. The van der Waals surface area contributed by atoms with Crippen LogP contribution in [0.1, 0.15) is 109 Å². The molecule has 0 aromatic heterocycles. The molecule has 2 saturated heterocycles. The monoisotopic (exact) mass is 868 g/mol. The molecule has 9 rings (SSSR count). The summed E-state index contributed by atoms with van der Waals surface area (Å²) < 4.78 is 0. The van der Waals surface area contributed by atoms with Gasteiger partial charge in [-0.15, -0.1) is 10.1 Å². The van der Waals surface area contributed by atoms with Crippen LogP contribution in [-0.2, 0) is 43.2 Å². The van der Waals surface area contributed by atoms with Crippen molar-refractivity contribution in [3.05, 3.63) is 82.6 Å². The standard InChI is InChI=1S/C48H48N6O10/c1-47(25-7-3-5-15-39(59)63-53-35(55)21-22-36(53)56)49-31-13-9-11-27-29(17-19-33(51-47)41(27)31)43-45(61)44(46(43)62)30-18-20-34-42-28(30)12-10-14-32(42)50-48(2,52-34)26-8-4-6-16-40(60)64-54-37(57)23-24-38(54)58/h9-14,17-20,49-51,61H,3-8,15-16,21-26H2,1-2H3. The van der Waals surface area contributed by atoms with Gasteiger partial charge >= 0.3 is 11.9 Å². The lowest BCUT2D eigenvalue weighted by Gasteiger charge is -2.39. The Morgan fingerprint density at radius 2 is 1.17 bits per heavy atom. The number of hydroxylamine groups is 4. The topological polar surface area (TPSA) is 213 Å². The summed E-state index contributed by atoms with van der Waals surface area (Å²) in [4.78, 5) is 101. The van der Waals surface area contributed by atoms with Crippen LogP contribution in [0, 0.1) is 0 Å². The van der Waals surface area contributed by atoms with Gasteiger partial charge < -0.3 is 30.7 Å². The van der Waals surface area contributed by atoms with Gasteiger partial charge in [0.25, 0.3) is 23.6 Å². The van der Waals surface area contributed by atoms with Gasteiger partial charge in [-0.05, 0) is 98.2 Å². The maximum Gasteiger partial charge on any atom is 0.333 e. The smallest absolute Gasteiger partial charge is 0.333 e. The molecular weight excluding hydrogens is 821 g/mol. The minimum absolute atomic E-state index is 0.0529. The Balaban J connectivity index is 0.870. The van der Waals surface area contributed by atoms with E-state index >= 15 is 0 Å². The minimum atomic E-state index is -0.638. The SMILES string of the molecule is CC1(CCCCCC(=O)ON2C(=O)CCC2=O)N=c2ccc(=C3C(=O)C(c4ccc5c6c(cccc46)NC(C)(CCCCCC(=O)ON4C(=O)CCC4=O)N5)=C3O)c3cccc(c23)N1. The summed E-state index contributed by atoms with van der Waals surface area (Å²) in [6, 6.07) is 19.2. The first-order chi connectivity index (χ1) is 30.7. The van der Waals surface area contributed by atoms with E-state index in [0.29, 0.717) is 46.6 Å². The van der Waals surface area contributed by atoms with Crippen LogP contribution in [0.25, 0.3) is 32.7 Å². The number of nitrogens with one attached hydrogen (secondary N) is 3. The van der Waals surface area contributed by atoms with E-state index in [4.69, 9.17) is 14.7 Å². The average Bonchev–Trinajstić information content (AvgIpc) is 3.75. The second kappa shape index (κ2) is 16.5. The Morgan fingerprint density at radius 1 is 0.625 bits per heavy atom. The number of hydrogen-bond donors (Lipinski definition) is 4. The number of imide groups is 2. The molecule has 5 aliphatic rings. The zero-order valence-corrected chi connectivity index (χ0v) is 35.6. The molecule has 0 radical (unpaired) electrons. The van der Waals surface area contributed by atoms with E-state index in [2.05, 4.69) is 22.9 Å². The largest absolute Gasteiger partial charge is 0.506 e. The lowest BCUT2D eigenvalue weighted by Crippen LogP contribution is -2.45. The van der Waals surface area contributed by atoms with Crippen LogP contribution in [0.15, 0.2) is 71.4 Å². The molecule has 4 heterocycles. The number of benzene rings is 4. The number of carbonyl (C=O) groups is 7. The Hall–Kier alpha value is -7.10. The Morgan fingerprint density at radius 3 is 1.77 bits per heavy atom. The molecule has 4 aliphatic heterocycles. The van der Waals surface area contributed by atoms with E-state index in [1.807, 2.05) is 67.6 Å². The van der Waals surface area contributed by atoms with E-state index < -0.39 is 46.9 Å². The number of carbonyl (C=O) groups excluding carboxylic acids is 7.